The summed E-state index contributed by atoms with van der Waals surface area (Å²) in [7, 11) is 1.74. The van der Waals surface area contributed by atoms with Crippen LogP contribution in [0.1, 0.15) is 19.4 Å². The van der Waals surface area contributed by atoms with Crippen LogP contribution in [0.2, 0.25) is 0 Å². The minimum atomic E-state index is 0.600. The number of rotatable bonds is 7. The first kappa shape index (κ1) is 14.0. The molecular weight excluding hydrogens is 212 g/mol. The molecule has 0 amide bonds. The third kappa shape index (κ3) is 4.75. The van der Waals surface area contributed by atoms with Crippen molar-refractivity contribution in [2.45, 2.75) is 20.4 Å². The molecule has 0 spiro atoms. The van der Waals surface area contributed by atoms with Crippen molar-refractivity contribution in [2.75, 3.05) is 31.7 Å². The van der Waals surface area contributed by atoms with Crippen molar-refractivity contribution < 1.29 is 4.74 Å². The van der Waals surface area contributed by atoms with E-state index in [9.17, 15) is 0 Å². The zero-order chi connectivity index (χ0) is 12.7. The maximum Gasteiger partial charge on any atom is 0.0637 e. The number of hydrogen-bond donors (Lipinski definition) is 1. The molecule has 1 aromatic carbocycles. The van der Waals surface area contributed by atoms with E-state index in [-0.39, 0.29) is 0 Å². The summed E-state index contributed by atoms with van der Waals surface area (Å²) in [6, 6.07) is 8.46. The summed E-state index contributed by atoms with van der Waals surface area (Å²) in [6.45, 7) is 7.79. The lowest BCUT2D eigenvalue weighted by Crippen LogP contribution is -2.30. The van der Waals surface area contributed by atoms with E-state index < -0.39 is 0 Å². The maximum atomic E-state index is 5.60. The van der Waals surface area contributed by atoms with Gasteiger partial charge in [0.1, 0.15) is 0 Å². The summed E-state index contributed by atoms with van der Waals surface area (Å²) >= 11 is 0. The molecule has 96 valence electrons. The number of hydrogen-bond acceptors (Lipinski definition) is 3. The van der Waals surface area contributed by atoms with E-state index in [0.717, 1.165) is 19.7 Å². The molecule has 0 bridgehead atoms. The molecule has 0 aromatic heterocycles. The van der Waals surface area contributed by atoms with Crippen molar-refractivity contribution in [1.82, 2.24) is 0 Å². The second-order valence-electron chi connectivity index (χ2n) is 4.70. The summed E-state index contributed by atoms with van der Waals surface area (Å²) in [5.74, 6) is 0.640. The summed E-state index contributed by atoms with van der Waals surface area (Å²) < 4.78 is 5.16. The first-order valence-electron chi connectivity index (χ1n) is 6.20. The molecule has 0 radical (unpaired) electrons. The van der Waals surface area contributed by atoms with Gasteiger partial charge in [0.25, 0.3) is 0 Å². The van der Waals surface area contributed by atoms with Crippen molar-refractivity contribution in [3.05, 3.63) is 29.8 Å². The Morgan fingerprint density at radius 3 is 2.35 bits per heavy atom. The molecule has 17 heavy (non-hydrogen) atoms. The Morgan fingerprint density at radius 2 is 1.88 bits per heavy atom. The van der Waals surface area contributed by atoms with Gasteiger partial charge in [-0.25, -0.2) is 0 Å². The van der Waals surface area contributed by atoms with Crippen molar-refractivity contribution >= 4 is 5.69 Å². The van der Waals surface area contributed by atoms with Crippen LogP contribution in [0, 0.1) is 5.92 Å². The van der Waals surface area contributed by atoms with E-state index in [1.165, 1.54) is 11.3 Å². The monoisotopic (exact) mass is 236 g/mol. The second-order valence-corrected chi connectivity index (χ2v) is 4.70. The average molecular weight is 236 g/mol. The highest BCUT2D eigenvalue weighted by Crippen LogP contribution is 2.16. The minimum absolute atomic E-state index is 0.600. The molecule has 0 heterocycles. The van der Waals surface area contributed by atoms with E-state index in [1.54, 1.807) is 7.11 Å². The van der Waals surface area contributed by atoms with E-state index >= 15 is 0 Å². The number of nitrogens with zero attached hydrogens (tertiary/aromatic N) is 1. The predicted octanol–water partition coefficient (Wildman–Crippen LogP) is 2.25. The van der Waals surface area contributed by atoms with Gasteiger partial charge in [0.2, 0.25) is 0 Å². The van der Waals surface area contributed by atoms with Gasteiger partial charge in [0.05, 0.1) is 6.61 Å². The Hall–Kier alpha value is -1.06. The van der Waals surface area contributed by atoms with Crippen molar-refractivity contribution in [3.8, 4) is 0 Å². The molecule has 3 nitrogen and oxygen atoms in total. The van der Waals surface area contributed by atoms with Crippen molar-refractivity contribution in [2.24, 2.45) is 11.7 Å². The van der Waals surface area contributed by atoms with Gasteiger partial charge in [-0.1, -0.05) is 26.0 Å². The highest BCUT2D eigenvalue weighted by molar-refractivity contribution is 5.47. The lowest BCUT2D eigenvalue weighted by Gasteiger charge is -2.26. The largest absolute Gasteiger partial charge is 0.383 e. The normalized spacial score (nSPS) is 10.9. The van der Waals surface area contributed by atoms with Crippen LogP contribution in [-0.2, 0) is 11.3 Å². The third-order valence-corrected chi connectivity index (χ3v) is 2.69. The molecule has 0 unspecified atom stereocenters. The fraction of sp³-hybridized carbons (Fsp3) is 0.571. The maximum absolute atomic E-state index is 5.60. The molecule has 0 saturated heterocycles. The van der Waals surface area contributed by atoms with Crippen molar-refractivity contribution in [1.29, 1.82) is 0 Å². The number of nitrogens with two attached hydrogens (primary N) is 1. The van der Waals surface area contributed by atoms with Crippen LogP contribution in [0.3, 0.4) is 0 Å². The Kier molecular flexibility index (Phi) is 6.01. The standard InChI is InChI=1S/C14H24N2O/c1-12(2)11-16(8-9-17-3)14-6-4-13(10-15)5-7-14/h4-7,12H,8-11,15H2,1-3H3. The van der Waals surface area contributed by atoms with Crippen LogP contribution in [0.5, 0.6) is 0 Å². The quantitative estimate of drug-likeness (QED) is 0.789. The SMILES string of the molecule is COCCN(CC(C)C)c1ccc(CN)cc1. The van der Waals surface area contributed by atoms with Crippen LogP contribution in [0.15, 0.2) is 24.3 Å². The number of methoxy groups -OCH3 is 1. The number of ether oxygens (including phenoxy) is 1. The Labute approximate surface area is 105 Å². The van der Waals surface area contributed by atoms with Gasteiger partial charge in [-0.2, -0.15) is 0 Å². The van der Waals surface area contributed by atoms with Crippen LogP contribution in [-0.4, -0.2) is 26.8 Å². The molecule has 0 atom stereocenters. The first-order chi connectivity index (χ1) is 8.17. The molecule has 2 N–H and O–H groups in total. The Morgan fingerprint density at radius 1 is 1.24 bits per heavy atom. The van der Waals surface area contributed by atoms with Gasteiger partial charge in [-0.05, 0) is 23.6 Å². The molecule has 0 aliphatic heterocycles. The minimum Gasteiger partial charge on any atom is -0.383 e. The fourth-order valence-electron chi connectivity index (χ4n) is 1.81. The van der Waals surface area contributed by atoms with Gasteiger partial charge >= 0.3 is 0 Å². The average Bonchev–Trinajstić information content (AvgIpc) is 2.34. The summed E-state index contributed by atoms with van der Waals surface area (Å²) in [5, 5.41) is 0. The van der Waals surface area contributed by atoms with Gasteiger partial charge in [0, 0.05) is 32.4 Å². The molecule has 0 saturated carbocycles. The lowest BCUT2D eigenvalue weighted by molar-refractivity contribution is 0.204. The predicted molar refractivity (Wildman–Crippen MR) is 73.3 cm³/mol. The molecule has 1 rings (SSSR count). The smallest absolute Gasteiger partial charge is 0.0637 e. The van der Waals surface area contributed by atoms with Gasteiger partial charge in [-0.3, -0.25) is 0 Å². The van der Waals surface area contributed by atoms with E-state index in [1.807, 2.05) is 0 Å². The number of anilines is 1. The molecular formula is C14H24N2O. The van der Waals surface area contributed by atoms with Gasteiger partial charge in [0.15, 0.2) is 0 Å². The van der Waals surface area contributed by atoms with Crippen LogP contribution in [0.25, 0.3) is 0 Å². The van der Waals surface area contributed by atoms with Crippen LogP contribution in [0.4, 0.5) is 5.69 Å². The first-order valence-corrected chi connectivity index (χ1v) is 6.20. The Bertz CT molecular complexity index is 309. The Balaban J connectivity index is 2.72. The zero-order valence-electron chi connectivity index (χ0n) is 11.1. The van der Waals surface area contributed by atoms with E-state index in [2.05, 4.69) is 43.0 Å². The molecule has 0 fully saturated rings. The van der Waals surface area contributed by atoms with Crippen LogP contribution < -0.4 is 10.6 Å². The third-order valence-electron chi connectivity index (χ3n) is 2.69. The highest BCUT2D eigenvalue weighted by Gasteiger charge is 2.08. The topological polar surface area (TPSA) is 38.5 Å². The summed E-state index contributed by atoms with van der Waals surface area (Å²) in [4.78, 5) is 2.36. The molecule has 3 heteroatoms. The molecule has 1 aromatic rings. The lowest BCUT2D eigenvalue weighted by atomic mass is 10.1. The molecule has 0 aliphatic carbocycles. The zero-order valence-corrected chi connectivity index (χ0v) is 11.1. The van der Waals surface area contributed by atoms with Crippen LogP contribution >= 0.6 is 0 Å². The fourth-order valence-corrected chi connectivity index (χ4v) is 1.81. The molecule has 0 aliphatic rings. The van der Waals surface area contributed by atoms with E-state index in [0.29, 0.717) is 12.5 Å². The van der Waals surface area contributed by atoms with Gasteiger partial charge < -0.3 is 15.4 Å². The second kappa shape index (κ2) is 7.30. The highest BCUT2D eigenvalue weighted by atomic mass is 16.5. The van der Waals surface area contributed by atoms with E-state index in [4.69, 9.17) is 10.5 Å². The van der Waals surface area contributed by atoms with Crippen molar-refractivity contribution in [3.63, 3.8) is 0 Å². The number of benzene rings is 1. The summed E-state index contributed by atoms with van der Waals surface area (Å²) in [5.41, 5.74) is 8.02. The summed E-state index contributed by atoms with van der Waals surface area (Å²) in [6.07, 6.45) is 0. The van der Waals surface area contributed by atoms with Gasteiger partial charge in [-0.15, -0.1) is 0 Å².